The summed E-state index contributed by atoms with van der Waals surface area (Å²) in [6, 6.07) is 0. The maximum absolute atomic E-state index is 11.1. The number of carbonyl (C=O) groups excluding carboxylic acids is 2. The van der Waals surface area contributed by atoms with Crippen molar-refractivity contribution in [1.82, 2.24) is 0 Å². The van der Waals surface area contributed by atoms with Crippen LogP contribution < -0.4 is 0 Å². The first-order valence-electron chi connectivity index (χ1n) is 3.14. The SMILES string of the molecule is O=C(CCCO)C(=O)C(Br)(Br)Br. The van der Waals surface area contributed by atoms with E-state index >= 15 is 0 Å². The van der Waals surface area contributed by atoms with Gasteiger partial charge in [-0.3, -0.25) is 9.59 Å². The molecule has 1 N–H and O–H groups in total. The van der Waals surface area contributed by atoms with E-state index in [9.17, 15) is 9.59 Å². The fourth-order valence-electron chi connectivity index (χ4n) is 0.511. The second-order valence-electron chi connectivity index (χ2n) is 2.08. The van der Waals surface area contributed by atoms with Crippen LogP contribution in [0.3, 0.4) is 0 Å². The van der Waals surface area contributed by atoms with E-state index in [4.69, 9.17) is 5.11 Å². The normalized spacial score (nSPS) is 11.3. The summed E-state index contributed by atoms with van der Waals surface area (Å²) in [4.78, 5) is 22.1. The summed E-state index contributed by atoms with van der Waals surface area (Å²) in [6.07, 6.45) is 0.382. The van der Waals surface area contributed by atoms with Crippen molar-refractivity contribution in [3.8, 4) is 0 Å². The zero-order valence-electron chi connectivity index (χ0n) is 6.02. The molecule has 70 valence electrons. The molecule has 0 atom stereocenters. The van der Waals surface area contributed by atoms with Crippen molar-refractivity contribution >= 4 is 59.4 Å². The van der Waals surface area contributed by atoms with E-state index in [2.05, 4.69) is 47.8 Å². The summed E-state index contributed by atoms with van der Waals surface area (Å²) in [5.74, 6) is -1.12. The first kappa shape index (κ1) is 12.7. The second kappa shape index (κ2) is 5.47. The molecule has 0 aromatic rings. The minimum absolute atomic E-state index is 0.0693. The predicted octanol–water partition coefficient (Wildman–Crippen LogP) is 1.74. The topological polar surface area (TPSA) is 54.4 Å². The Morgan fingerprint density at radius 2 is 1.75 bits per heavy atom. The maximum Gasteiger partial charge on any atom is 0.236 e. The molecule has 0 rings (SSSR count). The number of hydrogen-bond acceptors (Lipinski definition) is 3. The first-order chi connectivity index (χ1) is 5.39. The van der Waals surface area contributed by atoms with Gasteiger partial charge in [0.25, 0.3) is 0 Å². The molecule has 0 fully saturated rings. The standard InChI is InChI=1S/C6H7Br3O3/c7-6(8,9)5(12)4(11)2-1-3-10/h10H,1-3H2. The molecule has 12 heavy (non-hydrogen) atoms. The molecule has 0 radical (unpaired) electrons. The van der Waals surface area contributed by atoms with E-state index in [1.165, 1.54) is 0 Å². The van der Waals surface area contributed by atoms with Crippen LogP contribution in [0.4, 0.5) is 0 Å². The van der Waals surface area contributed by atoms with E-state index in [1.807, 2.05) is 0 Å². The van der Waals surface area contributed by atoms with Crippen molar-refractivity contribution in [3.63, 3.8) is 0 Å². The van der Waals surface area contributed by atoms with Gasteiger partial charge in [-0.2, -0.15) is 0 Å². The Kier molecular flexibility index (Phi) is 5.80. The van der Waals surface area contributed by atoms with Crippen molar-refractivity contribution in [3.05, 3.63) is 0 Å². The second-order valence-corrected chi connectivity index (χ2v) is 8.84. The molecule has 0 saturated carbocycles. The molecular formula is C6H7Br3O3. The highest BCUT2D eigenvalue weighted by Gasteiger charge is 2.33. The average molecular weight is 367 g/mol. The summed E-state index contributed by atoms with van der Waals surface area (Å²) in [5.41, 5.74) is 0. The summed E-state index contributed by atoms with van der Waals surface area (Å²) >= 11 is 8.81. The minimum Gasteiger partial charge on any atom is -0.396 e. The van der Waals surface area contributed by atoms with Crippen molar-refractivity contribution < 1.29 is 14.7 Å². The Morgan fingerprint density at radius 1 is 1.25 bits per heavy atom. The average Bonchev–Trinajstić information content (AvgIpc) is 1.97. The van der Waals surface area contributed by atoms with Gasteiger partial charge in [-0.05, 0) is 6.42 Å². The summed E-state index contributed by atoms with van der Waals surface area (Å²) in [7, 11) is 0. The van der Waals surface area contributed by atoms with Crippen LogP contribution >= 0.6 is 47.8 Å². The molecular weight excluding hydrogens is 360 g/mol. The van der Waals surface area contributed by atoms with Crippen molar-refractivity contribution in [2.45, 2.75) is 15.0 Å². The molecule has 3 nitrogen and oxygen atoms in total. The van der Waals surface area contributed by atoms with Crippen LogP contribution in [0.25, 0.3) is 0 Å². The van der Waals surface area contributed by atoms with Crippen LogP contribution in [-0.2, 0) is 9.59 Å². The molecule has 0 amide bonds. The third kappa shape index (κ3) is 4.69. The number of ketones is 2. The number of hydrogen-bond donors (Lipinski definition) is 1. The van der Waals surface area contributed by atoms with E-state index in [0.717, 1.165) is 0 Å². The third-order valence-corrected chi connectivity index (χ3v) is 2.15. The van der Waals surface area contributed by atoms with E-state index < -0.39 is 13.7 Å². The lowest BCUT2D eigenvalue weighted by atomic mass is 10.2. The number of halogens is 3. The fourth-order valence-corrected chi connectivity index (χ4v) is 1.17. The largest absolute Gasteiger partial charge is 0.396 e. The molecule has 0 aromatic carbocycles. The molecule has 0 aromatic heterocycles. The smallest absolute Gasteiger partial charge is 0.236 e. The summed E-state index contributed by atoms with van der Waals surface area (Å²) in [6.45, 7) is -0.0844. The summed E-state index contributed by atoms with van der Waals surface area (Å²) in [5, 5.41) is 8.40. The molecule has 0 unspecified atom stereocenters. The fraction of sp³-hybridized carbons (Fsp3) is 0.667. The highest BCUT2D eigenvalue weighted by Crippen LogP contribution is 2.34. The zero-order valence-corrected chi connectivity index (χ0v) is 10.8. The van der Waals surface area contributed by atoms with Gasteiger partial charge in [-0.15, -0.1) is 0 Å². The van der Waals surface area contributed by atoms with E-state index in [0.29, 0.717) is 6.42 Å². The Balaban J connectivity index is 4.04. The Bertz CT molecular complexity index is 185. The van der Waals surface area contributed by atoms with Gasteiger partial charge in [0, 0.05) is 13.0 Å². The zero-order chi connectivity index (χ0) is 9.78. The maximum atomic E-state index is 11.1. The van der Waals surface area contributed by atoms with Gasteiger partial charge in [0.05, 0.1) is 0 Å². The Labute approximate surface area is 95.3 Å². The van der Waals surface area contributed by atoms with E-state index in [-0.39, 0.29) is 13.0 Å². The molecule has 0 aliphatic carbocycles. The van der Waals surface area contributed by atoms with Gasteiger partial charge < -0.3 is 5.11 Å². The molecule has 0 aliphatic heterocycles. The van der Waals surface area contributed by atoms with Gasteiger partial charge in [0.1, 0.15) is 0 Å². The quantitative estimate of drug-likeness (QED) is 0.609. The van der Waals surface area contributed by atoms with Crippen molar-refractivity contribution in [2.75, 3.05) is 6.61 Å². The van der Waals surface area contributed by atoms with Crippen LogP contribution in [0, 0.1) is 0 Å². The number of aliphatic hydroxyl groups excluding tert-OH is 1. The number of Topliss-reactive ketones (excluding diaryl/α,β-unsaturated/α-hetero) is 2. The molecule has 0 aliphatic rings. The van der Waals surface area contributed by atoms with Crippen LogP contribution in [0.2, 0.25) is 0 Å². The van der Waals surface area contributed by atoms with Crippen LogP contribution in [0.15, 0.2) is 0 Å². The van der Waals surface area contributed by atoms with Crippen molar-refractivity contribution in [1.29, 1.82) is 0 Å². The van der Waals surface area contributed by atoms with Gasteiger partial charge >= 0.3 is 0 Å². The Morgan fingerprint density at radius 3 is 2.08 bits per heavy atom. The number of carbonyl (C=O) groups is 2. The first-order valence-corrected chi connectivity index (χ1v) is 5.52. The number of aliphatic hydroxyl groups is 1. The van der Waals surface area contributed by atoms with Gasteiger partial charge in [0.15, 0.2) is 2.14 Å². The molecule has 0 bridgehead atoms. The van der Waals surface area contributed by atoms with Gasteiger partial charge in [-0.1, -0.05) is 47.8 Å². The molecule has 0 saturated heterocycles. The van der Waals surface area contributed by atoms with Crippen LogP contribution in [-0.4, -0.2) is 25.4 Å². The van der Waals surface area contributed by atoms with Gasteiger partial charge in [0.2, 0.25) is 11.6 Å². The molecule has 0 heterocycles. The lowest BCUT2D eigenvalue weighted by Crippen LogP contribution is -2.26. The molecule has 0 spiro atoms. The van der Waals surface area contributed by atoms with Crippen LogP contribution in [0.1, 0.15) is 12.8 Å². The highest BCUT2D eigenvalue weighted by molar-refractivity contribution is 9.40. The van der Waals surface area contributed by atoms with E-state index in [1.54, 1.807) is 0 Å². The van der Waals surface area contributed by atoms with Crippen molar-refractivity contribution in [2.24, 2.45) is 0 Å². The Hall–Kier alpha value is 0.740. The van der Waals surface area contributed by atoms with Crippen LogP contribution in [0.5, 0.6) is 0 Å². The lowest BCUT2D eigenvalue weighted by Gasteiger charge is -2.08. The molecule has 6 heteroatoms. The monoisotopic (exact) mass is 364 g/mol. The number of rotatable bonds is 4. The predicted molar refractivity (Wildman–Crippen MR) is 55.8 cm³/mol. The lowest BCUT2D eigenvalue weighted by molar-refractivity contribution is -0.135. The highest BCUT2D eigenvalue weighted by atomic mass is 80.0. The third-order valence-electron chi connectivity index (χ3n) is 1.07. The van der Waals surface area contributed by atoms with Gasteiger partial charge in [-0.25, -0.2) is 0 Å². The minimum atomic E-state index is -1.15. The number of alkyl halides is 3. The summed E-state index contributed by atoms with van der Waals surface area (Å²) < 4.78 is -1.15.